The molecule has 0 amide bonds. The summed E-state index contributed by atoms with van der Waals surface area (Å²) in [5, 5.41) is 10.4. The number of aliphatic carboxylic acids is 1. The zero-order valence-corrected chi connectivity index (χ0v) is 10.7. The number of fused-ring (bicyclic) bond motifs is 1. The van der Waals surface area contributed by atoms with E-state index in [0.29, 0.717) is 5.56 Å². The Morgan fingerprint density at radius 2 is 1.70 bits per heavy atom. The van der Waals surface area contributed by atoms with E-state index >= 15 is 0 Å². The molecule has 3 heteroatoms. The quantitative estimate of drug-likeness (QED) is 0.706. The van der Waals surface area contributed by atoms with E-state index in [1.807, 2.05) is 48.7 Å². The number of hydrogen-bond donors (Lipinski definition) is 2. The zero-order chi connectivity index (χ0) is 13.9. The maximum atomic E-state index is 11.5. The first kappa shape index (κ1) is 12.2. The Labute approximate surface area is 116 Å². The van der Waals surface area contributed by atoms with Gasteiger partial charge in [-0.15, -0.1) is 0 Å². The first-order chi connectivity index (χ1) is 9.75. The van der Waals surface area contributed by atoms with Crippen molar-refractivity contribution >= 4 is 28.5 Å². The molecule has 0 unspecified atom stereocenters. The van der Waals surface area contributed by atoms with E-state index in [0.717, 1.165) is 16.5 Å². The molecule has 0 aliphatic heterocycles. The van der Waals surface area contributed by atoms with Crippen LogP contribution in [-0.2, 0) is 4.79 Å². The first-order valence-electron chi connectivity index (χ1n) is 6.32. The van der Waals surface area contributed by atoms with Crippen molar-refractivity contribution in [3.05, 3.63) is 71.9 Å². The maximum Gasteiger partial charge on any atom is 0.336 e. The predicted molar refractivity (Wildman–Crippen MR) is 80.2 cm³/mol. The summed E-state index contributed by atoms with van der Waals surface area (Å²) < 4.78 is 0. The fraction of sp³-hybridized carbons (Fsp3) is 0. The van der Waals surface area contributed by atoms with Crippen LogP contribution in [-0.4, -0.2) is 16.1 Å². The summed E-state index contributed by atoms with van der Waals surface area (Å²) in [4.78, 5) is 14.6. The molecule has 2 N–H and O–H groups in total. The van der Waals surface area contributed by atoms with Crippen molar-refractivity contribution in [2.24, 2.45) is 0 Å². The molecule has 0 fully saturated rings. The van der Waals surface area contributed by atoms with Gasteiger partial charge in [0.05, 0.1) is 5.57 Å². The Bertz CT molecular complexity index is 785. The minimum Gasteiger partial charge on any atom is -0.478 e. The lowest BCUT2D eigenvalue weighted by atomic mass is 10.0. The number of carboxylic acids is 1. The molecule has 3 rings (SSSR count). The van der Waals surface area contributed by atoms with Crippen LogP contribution in [0.15, 0.2) is 60.8 Å². The second-order valence-electron chi connectivity index (χ2n) is 4.52. The smallest absolute Gasteiger partial charge is 0.336 e. The summed E-state index contributed by atoms with van der Waals surface area (Å²) >= 11 is 0. The molecular weight excluding hydrogens is 250 g/mol. The average Bonchev–Trinajstić information content (AvgIpc) is 2.88. The van der Waals surface area contributed by atoms with Gasteiger partial charge in [-0.2, -0.15) is 0 Å². The van der Waals surface area contributed by atoms with Crippen LogP contribution in [0.25, 0.3) is 22.6 Å². The number of para-hydroxylation sites is 1. The lowest BCUT2D eigenvalue weighted by Gasteiger charge is -2.02. The Kier molecular flexibility index (Phi) is 3.09. The standard InChI is InChI=1S/C17H13NO2/c19-17(20)15(12-6-2-1-3-7-12)10-13-11-18-16-9-5-4-8-14(13)16/h1-11,18H,(H,19,20). The van der Waals surface area contributed by atoms with Crippen LogP contribution in [0.2, 0.25) is 0 Å². The number of carbonyl (C=O) groups is 1. The number of benzene rings is 2. The molecule has 0 radical (unpaired) electrons. The molecular formula is C17H13NO2. The highest BCUT2D eigenvalue weighted by Crippen LogP contribution is 2.24. The largest absolute Gasteiger partial charge is 0.478 e. The van der Waals surface area contributed by atoms with E-state index in [4.69, 9.17) is 0 Å². The van der Waals surface area contributed by atoms with Gasteiger partial charge in [0.15, 0.2) is 0 Å². The first-order valence-corrected chi connectivity index (χ1v) is 6.32. The van der Waals surface area contributed by atoms with E-state index in [9.17, 15) is 9.90 Å². The molecule has 0 aliphatic carbocycles. The molecule has 0 bridgehead atoms. The van der Waals surface area contributed by atoms with Gasteiger partial charge in [-0.25, -0.2) is 4.79 Å². The minimum atomic E-state index is -0.929. The summed E-state index contributed by atoms with van der Waals surface area (Å²) in [5.41, 5.74) is 2.86. The fourth-order valence-corrected chi connectivity index (χ4v) is 2.26. The SMILES string of the molecule is O=C(O)C(=Cc1c[nH]c2ccccc12)c1ccccc1. The third-order valence-corrected chi connectivity index (χ3v) is 3.24. The Balaban J connectivity index is 2.15. The number of aromatic nitrogens is 1. The molecule has 0 saturated heterocycles. The van der Waals surface area contributed by atoms with Gasteiger partial charge < -0.3 is 10.1 Å². The van der Waals surface area contributed by atoms with Crippen molar-refractivity contribution < 1.29 is 9.90 Å². The average molecular weight is 263 g/mol. The molecule has 1 aromatic heterocycles. The summed E-state index contributed by atoms with van der Waals surface area (Å²) in [6, 6.07) is 17.0. The number of hydrogen-bond acceptors (Lipinski definition) is 1. The third-order valence-electron chi connectivity index (χ3n) is 3.24. The van der Waals surface area contributed by atoms with Crippen LogP contribution in [0.3, 0.4) is 0 Å². The summed E-state index contributed by atoms with van der Waals surface area (Å²) in [6.45, 7) is 0. The van der Waals surface area contributed by atoms with Crippen molar-refractivity contribution in [1.82, 2.24) is 4.98 Å². The molecule has 3 nitrogen and oxygen atoms in total. The number of nitrogens with one attached hydrogen (secondary N) is 1. The number of carboxylic acid groups (broad SMARTS) is 1. The van der Waals surface area contributed by atoms with Crippen molar-refractivity contribution in [3.8, 4) is 0 Å². The minimum absolute atomic E-state index is 0.287. The molecule has 3 aromatic rings. The van der Waals surface area contributed by atoms with E-state index in [1.165, 1.54) is 0 Å². The van der Waals surface area contributed by atoms with Gasteiger partial charge in [0.25, 0.3) is 0 Å². The molecule has 1 heterocycles. The van der Waals surface area contributed by atoms with Crippen LogP contribution in [0.4, 0.5) is 0 Å². The molecule has 2 aromatic carbocycles. The molecule has 0 spiro atoms. The summed E-state index contributed by atoms with van der Waals surface area (Å²) in [7, 11) is 0. The monoisotopic (exact) mass is 263 g/mol. The van der Waals surface area contributed by atoms with Crippen molar-refractivity contribution in [2.45, 2.75) is 0 Å². The van der Waals surface area contributed by atoms with Crippen LogP contribution in [0.5, 0.6) is 0 Å². The topological polar surface area (TPSA) is 53.1 Å². The van der Waals surface area contributed by atoms with E-state index in [-0.39, 0.29) is 5.57 Å². The molecule has 0 atom stereocenters. The van der Waals surface area contributed by atoms with Crippen molar-refractivity contribution in [3.63, 3.8) is 0 Å². The number of H-pyrrole nitrogens is 1. The highest BCUT2D eigenvalue weighted by atomic mass is 16.4. The Morgan fingerprint density at radius 3 is 2.45 bits per heavy atom. The molecule has 0 saturated carbocycles. The maximum absolute atomic E-state index is 11.5. The summed E-state index contributed by atoms with van der Waals surface area (Å²) in [5.74, 6) is -0.929. The van der Waals surface area contributed by atoms with Crippen LogP contribution in [0.1, 0.15) is 11.1 Å². The van der Waals surface area contributed by atoms with Gasteiger partial charge in [0, 0.05) is 22.7 Å². The lowest BCUT2D eigenvalue weighted by Crippen LogP contribution is -1.99. The van der Waals surface area contributed by atoms with Gasteiger partial charge in [0.2, 0.25) is 0 Å². The fourth-order valence-electron chi connectivity index (χ4n) is 2.26. The van der Waals surface area contributed by atoms with Crippen LogP contribution >= 0.6 is 0 Å². The molecule has 0 aliphatic rings. The second-order valence-corrected chi connectivity index (χ2v) is 4.52. The normalized spacial score (nSPS) is 11.7. The Morgan fingerprint density at radius 1 is 1.00 bits per heavy atom. The molecule has 98 valence electrons. The van der Waals surface area contributed by atoms with Crippen LogP contribution < -0.4 is 0 Å². The highest BCUT2D eigenvalue weighted by molar-refractivity contribution is 6.21. The highest BCUT2D eigenvalue weighted by Gasteiger charge is 2.11. The van der Waals surface area contributed by atoms with Gasteiger partial charge in [-0.1, -0.05) is 48.5 Å². The van der Waals surface area contributed by atoms with Gasteiger partial charge in [-0.05, 0) is 17.7 Å². The second kappa shape index (κ2) is 5.05. The molecule has 20 heavy (non-hydrogen) atoms. The van der Waals surface area contributed by atoms with Gasteiger partial charge in [-0.3, -0.25) is 0 Å². The van der Waals surface area contributed by atoms with Gasteiger partial charge in [0.1, 0.15) is 0 Å². The Hall–Kier alpha value is -2.81. The van der Waals surface area contributed by atoms with Gasteiger partial charge >= 0.3 is 5.97 Å². The number of aromatic amines is 1. The van der Waals surface area contributed by atoms with E-state index in [1.54, 1.807) is 18.2 Å². The number of rotatable bonds is 3. The van der Waals surface area contributed by atoms with Crippen molar-refractivity contribution in [1.29, 1.82) is 0 Å². The summed E-state index contributed by atoms with van der Waals surface area (Å²) in [6.07, 6.45) is 3.53. The van der Waals surface area contributed by atoms with Crippen molar-refractivity contribution in [2.75, 3.05) is 0 Å². The lowest BCUT2D eigenvalue weighted by molar-refractivity contribution is -0.130. The van der Waals surface area contributed by atoms with Crippen LogP contribution in [0, 0.1) is 0 Å². The zero-order valence-electron chi connectivity index (χ0n) is 10.7. The predicted octanol–water partition coefficient (Wildman–Crippen LogP) is 3.79. The van der Waals surface area contributed by atoms with E-state index < -0.39 is 5.97 Å². The third kappa shape index (κ3) is 2.21. The van der Waals surface area contributed by atoms with E-state index in [2.05, 4.69) is 4.98 Å².